The van der Waals surface area contributed by atoms with Gasteiger partial charge in [-0.05, 0) is 35.9 Å². The standard InChI is InChI=1S/C20H19F3N4O4/c1-31-8-7-27-11-24-16-6-5-14(10-15(16)18(27)29)26-19(30)25-13-4-2-3-12(9-13)17(28)20(21,22)23/h2-6,9-11,17,28H,7-8H2,1H3,(H2,25,26,30). The fourth-order valence-corrected chi connectivity index (χ4v) is 2.85. The molecule has 1 aromatic heterocycles. The molecular formula is C20H19F3N4O4. The SMILES string of the molecule is COCCn1cnc2ccc(NC(=O)Nc3cccc(C(O)C(F)(F)F)c3)cc2c1=O. The molecule has 0 aliphatic rings. The maximum atomic E-state index is 12.7. The van der Waals surface area contributed by atoms with Crippen molar-refractivity contribution in [3.63, 3.8) is 0 Å². The van der Waals surface area contributed by atoms with Gasteiger partial charge in [-0.1, -0.05) is 12.1 Å². The summed E-state index contributed by atoms with van der Waals surface area (Å²) < 4.78 is 44.4. The molecule has 1 unspecified atom stereocenters. The Bertz CT molecular complexity index is 1150. The highest BCUT2D eigenvalue weighted by Gasteiger charge is 2.39. The van der Waals surface area contributed by atoms with Gasteiger partial charge in [-0.3, -0.25) is 9.36 Å². The molecule has 3 aromatic rings. The number of amides is 2. The Kier molecular flexibility index (Phi) is 6.56. The van der Waals surface area contributed by atoms with Gasteiger partial charge in [0.05, 0.1) is 30.4 Å². The van der Waals surface area contributed by atoms with Crippen molar-refractivity contribution in [3.05, 3.63) is 64.7 Å². The molecule has 0 aliphatic heterocycles. The van der Waals surface area contributed by atoms with Crippen LogP contribution in [0, 0.1) is 0 Å². The molecule has 0 radical (unpaired) electrons. The second-order valence-electron chi connectivity index (χ2n) is 6.62. The van der Waals surface area contributed by atoms with E-state index < -0.39 is 23.9 Å². The van der Waals surface area contributed by atoms with Gasteiger partial charge in [0.1, 0.15) is 0 Å². The molecule has 11 heteroatoms. The van der Waals surface area contributed by atoms with Crippen molar-refractivity contribution >= 4 is 28.3 Å². The van der Waals surface area contributed by atoms with E-state index in [1.807, 2.05) is 0 Å². The Morgan fingerprint density at radius 3 is 2.58 bits per heavy atom. The number of hydrogen-bond donors (Lipinski definition) is 3. The number of methoxy groups -OCH3 is 1. The van der Waals surface area contributed by atoms with Crippen LogP contribution in [0.4, 0.5) is 29.3 Å². The van der Waals surface area contributed by atoms with Gasteiger partial charge >= 0.3 is 12.2 Å². The van der Waals surface area contributed by atoms with E-state index in [0.29, 0.717) is 24.4 Å². The molecule has 2 aromatic carbocycles. The monoisotopic (exact) mass is 436 g/mol. The molecule has 2 amide bonds. The average Bonchev–Trinajstić information content (AvgIpc) is 2.72. The van der Waals surface area contributed by atoms with Crippen molar-refractivity contribution in [2.75, 3.05) is 24.4 Å². The number of nitrogens with zero attached hydrogens (tertiary/aromatic N) is 2. The van der Waals surface area contributed by atoms with Crippen LogP contribution in [0.3, 0.4) is 0 Å². The molecule has 8 nitrogen and oxygen atoms in total. The fourth-order valence-electron chi connectivity index (χ4n) is 2.85. The molecule has 0 saturated heterocycles. The van der Waals surface area contributed by atoms with Crippen molar-refractivity contribution in [2.24, 2.45) is 0 Å². The first-order valence-corrected chi connectivity index (χ1v) is 9.10. The number of fused-ring (bicyclic) bond motifs is 1. The summed E-state index contributed by atoms with van der Waals surface area (Å²) in [5, 5.41) is 14.6. The number of aromatic nitrogens is 2. The van der Waals surface area contributed by atoms with Crippen LogP contribution in [-0.2, 0) is 11.3 Å². The third kappa shape index (κ3) is 5.38. The number of urea groups is 1. The molecule has 3 N–H and O–H groups in total. The van der Waals surface area contributed by atoms with Gasteiger partial charge in [0.15, 0.2) is 6.10 Å². The second kappa shape index (κ2) is 9.14. The highest BCUT2D eigenvalue weighted by Crippen LogP contribution is 2.33. The number of carbonyl (C=O) groups excluding carboxylic acids is 1. The molecule has 0 saturated carbocycles. The largest absolute Gasteiger partial charge is 0.418 e. The van der Waals surface area contributed by atoms with E-state index in [1.54, 1.807) is 6.07 Å². The maximum Gasteiger partial charge on any atom is 0.418 e. The zero-order valence-electron chi connectivity index (χ0n) is 16.3. The number of halogens is 3. The lowest BCUT2D eigenvalue weighted by molar-refractivity contribution is -0.206. The summed E-state index contributed by atoms with van der Waals surface area (Å²) in [4.78, 5) is 29.0. The summed E-state index contributed by atoms with van der Waals surface area (Å²) >= 11 is 0. The van der Waals surface area contributed by atoms with E-state index in [-0.39, 0.29) is 16.6 Å². The fraction of sp³-hybridized carbons (Fsp3) is 0.250. The van der Waals surface area contributed by atoms with Crippen LogP contribution in [0.2, 0.25) is 0 Å². The Hall–Kier alpha value is -3.44. The first kappa shape index (κ1) is 22.2. The number of carbonyl (C=O) groups is 1. The van der Waals surface area contributed by atoms with Gasteiger partial charge in [-0.15, -0.1) is 0 Å². The predicted octanol–water partition coefficient (Wildman–Crippen LogP) is 3.28. The number of aliphatic hydroxyl groups excluding tert-OH is 1. The van der Waals surface area contributed by atoms with Gasteiger partial charge in [-0.25, -0.2) is 9.78 Å². The van der Waals surface area contributed by atoms with Crippen molar-refractivity contribution < 1.29 is 27.8 Å². The first-order valence-electron chi connectivity index (χ1n) is 9.10. The number of alkyl halides is 3. The predicted molar refractivity (Wildman–Crippen MR) is 108 cm³/mol. The normalized spacial score (nSPS) is 12.5. The summed E-state index contributed by atoms with van der Waals surface area (Å²) in [5.74, 6) is 0. The van der Waals surface area contributed by atoms with Crippen LogP contribution in [0.15, 0.2) is 53.6 Å². The quantitative estimate of drug-likeness (QED) is 0.550. The number of ether oxygens (including phenoxy) is 1. The zero-order valence-corrected chi connectivity index (χ0v) is 16.3. The maximum absolute atomic E-state index is 12.7. The third-order valence-electron chi connectivity index (χ3n) is 4.39. The van der Waals surface area contributed by atoms with Crippen LogP contribution in [0.5, 0.6) is 0 Å². The third-order valence-corrected chi connectivity index (χ3v) is 4.39. The number of nitrogens with one attached hydrogen (secondary N) is 2. The van der Waals surface area contributed by atoms with Crippen molar-refractivity contribution in [3.8, 4) is 0 Å². The lowest BCUT2D eigenvalue weighted by Crippen LogP contribution is -2.23. The molecule has 0 aliphatic carbocycles. The van der Waals surface area contributed by atoms with Crippen LogP contribution < -0.4 is 16.2 Å². The Labute approximate surface area is 174 Å². The lowest BCUT2D eigenvalue weighted by Gasteiger charge is -2.16. The minimum absolute atomic E-state index is 0.0580. The molecule has 0 bridgehead atoms. The molecular weight excluding hydrogens is 417 g/mol. The van der Waals surface area contributed by atoms with E-state index in [2.05, 4.69) is 15.6 Å². The first-order chi connectivity index (χ1) is 14.7. The molecule has 31 heavy (non-hydrogen) atoms. The van der Waals surface area contributed by atoms with Crippen molar-refractivity contribution in [1.29, 1.82) is 0 Å². The van der Waals surface area contributed by atoms with Crippen molar-refractivity contribution in [2.45, 2.75) is 18.8 Å². The lowest BCUT2D eigenvalue weighted by atomic mass is 10.1. The van der Waals surface area contributed by atoms with Gasteiger partial charge in [0, 0.05) is 18.5 Å². The molecule has 1 heterocycles. The summed E-state index contributed by atoms with van der Waals surface area (Å²) in [7, 11) is 1.51. The van der Waals surface area contributed by atoms with E-state index in [9.17, 15) is 27.9 Å². The van der Waals surface area contributed by atoms with E-state index in [4.69, 9.17) is 4.74 Å². The summed E-state index contributed by atoms with van der Waals surface area (Å²) in [5.41, 5.74) is 0.0830. The Morgan fingerprint density at radius 1 is 1.19 bits per heavy atom. The number of anilines is 2. The number of hydrogen-bond acceptors (Lipinski definition) is 5. The summed E-state index contributed by atoms with van der Waals surface area (Å²) in [6.45, 7) is 0.645. The molecule has 0 spiro atoms. The van der Waals surface area contributed by atoms with Crippen molar-refractivity contribution in [1.82, 2.24) is 9.55 Å². The van der Waals surface area contributed by atoms with E-state index in [0.717, 1.165) is 12.1 Å². The van der Waals surface area contributed by atoms with Gasteiger partial charge in [-0.2, -0.15) is 13.2 Å². The molecule has 1 atom stereocenters. The molecule has 3 rings (SSSR count). The summed E-state index contributed by atoms with van der Waals surface area (Å²) in [6, 6.07) is 8.61. The number of benzene rings is 2. The van der Waals surface area contributed by atoms with E-state index >= 15 is 0 Å². The van der Waals surface area contributed by atoms with Crippen LogP contribution in [-0.4, -0.2) is 40.6 Å². The number of aliphatic hydroxyl groups is 1. The smallest absolute Gasteiger partial charge is 0.383 e. The average molecular weight is 436 g/mol. The van der Waals surface area contributed by atoms with Crippen LogP contribution in [0.25, 0.3) is 10.9 Å². The van der Waals surface area contributed by atoms with Gasteiger partial charge in [0.2, 0.25) is 0 Å². The summed E-state index contributed by atoms with van der Waals surface area (Å²) in [6.07, 6.45) is -6.08. The topological polar surface area (TPSA) is 105 Å². The Balaban J connectivity index is 1.76. The van der Waals surface area contributed by atoms with Crippen LogP contribution >= 0.6 is 0 Å². The molecule has 0 fully saturated rings. The minimum atomic E-state index is -4.82. The highest BCUT2D eigenvalue weighted by molar-refractivity contribution is 6.00. The minimum Gasteiger partial charge on any atom is -0.383 e. The van der Waals surface area contributed by atoms with Gasteiger partial charge < -0.3 is 20.5 Å². The van der Waals surface area contributed by atoms with E-state index in [1.165, 1.54) is 42.3 Å². The van der Waals surface area contributed by atoms with Gasteiger partial charge in [0.25, 0.3) is 5.56 Å². The molecule has 164 valence electrons. The Morgan fingerprint density at radius 2 is 1.90 bits per heavy atom. The highest BCUT2D eigenvalue weighted by atomic mass is 19.4. The second-order valence-corrected chi connectivity index (χ2v) is 6.62. The number of rotatable bonds is 6. The van der Waals surface area contributed by atoms with Crippen LogP contribution in [0.1, 0.15) is 11.7 Å². The zero-order chi connectivity index (χ0) is 22.6.